The fraction of sp³-hybridized carbons (Fsp3) is 0.405. The van der Waals surface area contributed by atoms with Gasteiger partial charge in [-0.15, -0.1) is 0 Å². The van der Waals surface area contributed by atoms with E-state index in [1.165, 1.54) is 22.3 Å². The summed E-state index contributed by atoms with van der Waals surface area (Å²) in [6, 6.07) is 20.6. The molecule has 0 saturated heterocycles. The van der Waals surface area contributed by atoms with E-state index in [1.807, 2.05) is 49.4 Å². The standard InChI is InChI=1S/C16H20O2.C12H14.C4H7N2O2.4C2H4O2.C2H6.2Rh/c1-3-13(10-12-8-6-5-7-9-12)14-11-15(14)16(17)18-4-2;1-3-11(4-2)10-12-8-6-5-7-9-12;1-2-8-4(7)3-6-5;4*1-2(3)4;1-2;;/h5-10,14-15H,3-4,11H2,1-2H3;3,5-10H,1,4H2,2H3;3,5H,2H2,1H3;4*1H3,(H,3,4);1-2H3;;/q;;+1;;;;;;;/b13-10+;11-10-;;;;;;;;/i;;;;;;;1D;;. The van der Waals surface area contributed by atoms with Gasteiger partial charge in [0.15, 0.2) is 0 Å². The third kappa shape index (κ3) is 55.4. The third-order valence-corrected chi connectivity index (χ3v) is 5.69. The van der Waals surface area contributed by atoms with Crippen molar-refractivity contribution in [3.8, 4) is 0 Å². The molecule has 1 aliphatic carbocycles. The minimum atomic E-state index is -0.833. The maximum atomic E-state index is 11.6. The van der Waals surface area contributed by atoms with Gasteiger partial charge in [0.2, 0.25) is 0 Å². The largest absolute Gasteiger partial charge is 0.481 e. The summed E-state index contributed by atoms with van der Waals surface area (Å²) >= 11 is 0. The number of nitrogens with one attached hydrogen (secondary N) is 1. The molecule has 1 aliphatic rings. The fourth-order valence-electron chi connectivity index (χ4n) is 3.65. The monoisotopic (exact) mass is 994 g/mol. The van der Waals surface area contributed by atoms with E-state index in [1.54, 1.807) is 13.8 Å². The van der Waals surface area contributed by atoms with Crippen molar-refractivity contribution in [1.29, 1.82) is 5.53 Å². The molecule has 14 nitrogen and oxygen atoms in total. The predicted molar refractivity (Wildman–Crippen MR) is 218 cm³/mol. The molecule has 2 atom stereocenters. The molecule has 0 aromatic heterocycles. The zero-order valence-corrected chi connectivity index (χ0v) is 38.1. The number of rotatable bonds is 10. The Bertz CT molecular complexity index is 1470. The Hall–Kier alpha value is -4.89. The molecule has 16 heteroatoms. The predicted octanol–water partition coefficient (Wildman–Crippen LogP) is 8.59. The van der Waals surface area contributed by atoms with Crippen molar-refractivity contribution in [3.05, 3.63) is 95.6 Å². The number of hydrogen-bond acceptors (Lipinski definition) is 9. The Morgan fingerprint density at radius 2 is 1.09 bits per heavy atom. The summed E-state index contributed by atoms with van der Waals surface area (Å²) in [6.07, 6.45) is 10.1. The molecule has 2 radical (unpaired) electrons. The first-order valence-corrected chi connectivity index (χ1v) is 17.5. The number of allylic oxidation sites excluding steroid dienone is 3. The van der Waals surface area contributed by atoms with Crippen LogP contribution in [0.4, 0.5) is 0 Å². The molecule has 1 fully saturated rings. The number of carboxylic acids is 4. The molecule has 2 aromatic carbocycles. The number of carbonyl (C=O) groups excluding carboxylic acids is 2. The van der Waals surface area contributed by atoms with Crippen molar-refractivity contribution in [2.45, 2.75) is 88.5 Å². The molecule has 1 saturated carbocycles. The van der Waals surface area contributed by atoms with Gasteiger partial charge in [0.05, 0.1) is 29.5 Å². The molecule has 58 heavy (non-hydrogen) atoms. The number of esters is 2. The van der Waals surface area contributed by atoms with Crippen LogP contribution in [-0.4, -0.2) is 80.5 Å². The summed E-state index contributed by atoms with van der Waals surface area (Å²) in [5, 5.41) is 29.7. The van der Waals surface area contributed by atoms with Gasteiger partial charge in [0.1, 0.15) is 0 Å². The minimum absolute atomic E-state index is 0. The van der Waals surface area contributed by atoms with Crippen LogP contribution in [0.1, 0.15) is 101 Å². The molecule has 0 heterocycles. The fourth-order valence-corrected chi connectivity index (χ4v) is 3.65. The van der Waals surface area contributed by atoms with Gasteiger partial charge < -0.3 is 29.9 Å². The van der Waals surface area contributed by atoms with Crippen molar-refractivity contribution in [2.75, 3.05) is 13.2 Å². The summed E-state index contributed by atoms with van der Waals surface area (Å²) in [6.45, 7) is 19.0. The zero-order chi connectivity index (χ0) is 45.2. The van der Waals surface area contributed by atoms with Crippen molar-refractivity contribution >= 4 is 54.2 Å². The summed E-state index contributed by atoms with van der Waals surface area (Å²) < 4.78 is 15.7. The number of ether oxygens (including phenoxy) is 2. The Morgan fingerprint density at radius 3 is 1.38 bits per heavy atom. The quantitative estimate of drug-likeness (QED) is 0.0376. The van der Waals surface area contributed by atoms with Gasteiger partial charge in [-0.25, -0.2) is 4.79 Å². The summed E-state index contributed by atoms with van der Waals surface area (Å²) in [5.74, 6) is -3.44. The average Bonchev–Trinajstić information content (AvgIpc) is 3.92. The Kier molecular flexibility index (Phi) is 54.1. The zero-order valence-electron chi connectivity index (χ0n) is 35.9. The van der Waals surface area contributed by atoms with Crippen LogP contribution in [0.5, 0.6) is 0 Å². The van der Waals surface area contributed by atoms with E-state index in [9.17, 15) is 9.59 Å². The average molecular weight is 995 g/mol. The van der Waals surface area contributed by atoms with Crippen LogP contribution in [0.3, 0.4) is 0 Å². The number of nitrogens with zero attached hydrogens (tertiary/aromatic N) is 1. The second-order valence-corrected chi connectivity index (χ2v) is 10.5. The topological polar surface area (TPSA) is 240 Å². The van der Waals surface area contributed by atoms with E-state index >= 15 is 0 Å². The van der Waals surface area contributed by atoms with E-state index in [0.29, 0.717) is 26.0 Å². The molecular formula is C42H63N2O12Rh2+. The first-order chi connectivity index (χ1) is 26.8. The maximum absolute atomic E-state index is 11.6. The van der Waals surface area contributed by atoms with Gasteiger partial charge >= 0.3 is 18.2 Å². The van der Waals surface area contributed by atoms with Crippen LogP contribution in [0.15, 0.2) is 84.5 Å². The summed E-state index contributed by atoms with van der Waals surface area (Å²) in [7, 11) is 0. The SMILES string of the molecule is C=C/C(=C/c1ccccc1)CC.CC(=O)O.CC(=O)O.CC(=O)O.CC(=O)O.CCOC(=O)C1CC1/C(=C/c1ccccc1)CC.CCOC(=O)C=[N+]=N.[2H]CC.[Rh].[Rh]. The molecule has 5 N–H and O–H groups in total. The van der Waals surface area contributed by atoms with Crippen molar-refractivity contribution in [1.82, 2.24) is 0 Å². The van der Waals surface area contributed by atoms with Gasteiger partial charge in [-0.2, -0.15) is 0 Å². The van der Waals surface area contributed by atoms with Gasteiger partial charge in [0.25, 0.3) is 23.9 Å². The van der Waals surface area contributed by atoms with Gasteiger partial charge in [-0.3, -0.25) is 24.0 Å². The van der Waals surface area contributed by atoms with E-state index in [4.69, 9.17) is 51.2 Å². The van der Waals surface area contributed by atoms with Gasteiger partial charge in [0, 0.05) is 68.0 Å². The van der Waals surface area contributed by atoms with Crippen LogP contribution in [0, 0.1) is 17.4 Å². The molecule has 0 bridgehead atoms. The molecule has 2 aromatic rings. The molecule has 330 valence electrons. The molecule has 0 amide bonds. The smallest absolute Gasteiger partial charge is 0.418 e. The van der Waals surface area contributed by atoms with Gasteiger partial charge in [-0.1, -0.05) is 119 Å². The Labute approximate surface area is 371 Å². The first-order valence-electron chi connectivity index (χ1n) is 18.2. The molecule has 0 spiro atoms. The van der Waals surface area contributed by atoms with Crippen LogP contribution in [0.2, 0.25) is 0 Å². The van der Waals surface area contributed by atoms with Gasteiger partial charge in [-0.05, 0) is 55.7 Å². The first kappa shape index (κ1) is 65.0. The number of carbonyl (C=O) groups is 6. The molecular weight excluding hydrogens is 930 g/mol. The number of hydrogen-bond donors (Lipinski definition) is 5. The summed E-state index contributed by atoms with van der Waals surface area (Å²) in [4.78, 5) is 60.5. The normalized spacial score (nSPS) is 12.4. The number of benzene rings is 2. The van der Waals surface area contributed by atoms with Crippen LogP contribution >= 0.6 is 0 Å². The number of carboxylic acid groups (broad SMARTS) is 4. The minimum Gasteiger partial charge on any atom is -0.481 e. The second kappa shape index (κ2) is 48.3. The van der Waals surface area contributed by atoms with E-state index in [2.05, 4.69) is 66.4 Å². The maximum Gasteiger partial charge on any atom is 0.418 e. The van der Waals surface area contributed by atoms with E-state index in [0.717, 1.165) is 53.2 Å². The number of aliphatic carboxylic acids is 4. The summed E-state index contributed by atoms with van der Waals surface area (Å²) in [5.41, 5.74) is 11.3. The van der Waals surface area contributed by atoms with Crippen molar-refractivity contribution < 1.29 is 104 Å². The van der Waals surface area contributed by atoms with Crippen LogP contribution in [-0.2, 0) is 77.2 Å². The molecule has 0 aliphatic heterocycles. The molecule has 3 rings (SSSR count). The van der Waals surface area contributed by atoms with E-state index in [-0.39, 0.29) is 50.8 Å². The van der Waals surface area contributed by atoms with Crippen molar-refractivity contribution in [2.24, 2.45) is 11.8 Å². The van der Waals surface area contributed by atoms with Crippen LogP contribution in [0.25, 0.3) is 12.2 Å². The van der Waals surface area contributed by atoms with Crippen molar-refractivity contribution in [3.63, 3.8) is 0 Å². The Morgan fingerprint density at radius 1 is 0.724 bits per heavy atom. The van der Waals surface area contributed by atoms with Crippen LogP contribution < -0.4 is 0 Å². The second-order valence-electron chi connectivity index (χ2n) is 10.5. The third-order valence-electron chi connectivity index (χ3n) is 5.69. The Balaban J connectivity index is -0.000000115. The molecule has 2 unspecified atom stereocenters. The van der Waals surface area contributed by atoms with E-state index < -0.39 is 29.8 Å².